The Morgan fingerprint density at radius 3 is 3.12 bits per heavy atom. The Labute approximate surface area is 98.4 Å². The average molecular weight is 241 g/mol. The lowest BCUT2D eigenvalue weighted by atomic mass is 10.2. The Morgan fingerprint density at radius 1 is 1.75 bits per heavy atom. The first-order valence-corrected chi connectivity index (χ1v) is 6.46. The third-order valence-corrected chi connectivity index (χ3v) is 3.82. The van der Waals surface area contributed by atoms with Crippen LogP contribution in [0.3, 0.4) is 0 Å². The van der Waals surface area contributed by atoms with Crippen LogP contribution in [-0.4, -0.2) is 28.6 Å². The first kappa shape index (κ1) is 11.5. The van der Waals surface area contributed by atoms with Gasteiger partial charge in [0.25, 0.3) is 0 Å². The summed E-state index contributed by atoms with van der Waals surface area (Å²) in [6, 6.07) is 2.32. The van der Waals surface area contributed by atoms with Crippen molar-refractivity contribution in [3.05, 3.63) is 23.2 Å². The largest absolute Gasteiger partial charge is 0.475 e. The molecule has 5 heteroatoms. The number of furan rings is 1. The average Bonchev–Trinajstić information content (AvgIpc) is 2.83. The van der Waals surface area contributed by atoms with E-state index in [9.17, 15) is 4.79 Å². The summed E-state index contributed by atoms with van der Waals surface area (Å²) in [7, 11) is 0. The van der Waals surface area contributed by atoms with Gasteiger partial charge in [-0.2, -0.15) is 11.8 Å². The number of carbonyl (C=O) groups is 1. The molecule has 1 fully saturated rings. The standard InChI is InChI=1S/C11H15NO3S/c1-7-4-9(15-10(7)11(13)14)5-12-8-2-3-16-6-8/h4,8,12H,2-3,5-6H2,1H3,(H,13,14). The molecule has 0 spiro atoms. The fraction of sp³-hybridized carbons (Fsp3) is 0.545. The predicted octanol–water partition coefficient (Wildman–Crippen LogP) is 1.88. The van der Waals surface area contributed by atoms with Crippen LogP contribution in [0.15, 0.2) is 10.5 Å². The second-order valence-electron chi connectivity index (χ2n) is 3.97. The van der Waals surface area contributed by atoms with Crippen LogP contribution in [0, 0.1) is 6.92 Å². The van der Waals surface area contributed by atoms with Gasteiger partial charge in [0, 0.05) is 17.4 Å². The third kappa shape index (κ3) is 2.59. The lowest BCUT2D eigenvalue weighted by Gasteiger charge is -2.08. The van der Waals surface area contributed by atoms with Crippen molar-refractivity contribution >= 4 is 17.7 Å². The molecule has 16 heavy (non-hydrogen) atoms. The maximum atomic E-state index is 10.8. The smallest absolute Gasteiger partial charge is 0.372 e. The molecule has 88 valence electrons. The van der Waals surface area contributed by atoms with Crippen molar-refractivity contribution in [3.63, 3.8) is 0 Å². The molecule has 0 aromatic carbocycles. The Bertz CT molecular complexity index is 383. The van der Waals surface area contributed by atoms with Gasteiger partial charge in [0.15, 0.2) is 0 Å². The zero-order valence-electron chi connectivity index (χ0n) is 9.16. The van der Waals surface area contributed by atoms with E-state index in [4.69, 9.17) is 9.52 Å². The van der Waals surface area contributed by atoms with Gasteiger partial charge in [-0.15, -0.1) is 0 Å². The molecule has 1 aliphatic rings. The second kappa shape index (κ2) is 4.93. The number of hydrogen-bond acceptors (Lipinski definition) is 4. The molecule has 0 saturated carbocycles. The minimum absolute atomic E-state index is 0.0533. The summed E-state index contributed by atoms with van der Waals surface area (Å²) in [5.41, 5.74) is 0.685. The molecule has 1 aliphatic heterocycles. The molecule has 1 unspecified atom stereocenters. The summed E-state index contributed by atoms with van der Waals surface area (Å²) < 4.78 is 5.27. The zero-order chi connectivity index (χ0) is 11.5. The van der Waals surface area contributed by atoms with E-state index in [1.807, 2.05) is 11.8 Å². The first-order chi connectivity index (χ1) is 7.66. The van der Waals surface area contributed by atoms with E-state index >= 15 is 0 Å². The van der Waals surface area contributed by atoms with E-state index in [1.165, 1.54) is 12.2 Å². The number of aryl methyl sites for hydroxylation is 1. The molecule has 1 atom stereocenters. The summed E-state index contributed by atoms with van der Waals surface area (Å²) in [6.07, 6.45) is 1.18. The van der Waals surface area contributed by atoms with Crippen molar-refractivity contribution in [2.24, 2.45) is 0 Å². The van der Waals surface area contributed by atoms with Gasteiger partial charge in [-0.3, -0.25) is 0 Å². The van der Waals surface area contributed by atoms with E-state index in [-0.39, 0.29) is 5.76 Å². The van der Waals surface area contributed by atoms with Crippen LogP contribution < -0.4 is 5.32 Å². The molecule has 2 heterocycles. The van der Waals surface area contributed by atoms with E-state index in [2.05, 4.69) is 5.32 Å². The summed E-state index contributed by atoms with van der Waals surface area (Å²) in [5, 5.41) is 12.2. The Morgan fingerprint density at radius 2 is 2.56 bits per heavy atom. The molecule has 2 rings (SSSR count). The highest BCUT2D eigenvalue weighted by Crippen LogP contribution is 2.19. The quantitative estimate of drug-likeness (QED) is 0.842. The van der Waals surface area contributed by atoms with Crippen LogP contribution in [0.4, 0.5) is 0 Å². The highest BCUT2D eigenvalue weighted by Gasteiger charge is 2.17. The minimum Gasteiger partial charge on any atom is -0.475 e. The number of nitrogens with one attached hydrogen (secondary N) is 1. The van der Waals surface area contributed by atoms with Gasteiger partial charge < -0.3 is 14.8 Å². The van der Waals surface area contributed by atoms with Crippen molar-refractivity contribution in [1.29, 1.82) is 0 Å². The van der Waals surface area contributed by atoms with Crippen LogP contribution >= 0.6 is 11.8 Å². The molecule has 0 amide bonds. The van der Waals surface area contributed by atoms with Crippen molar-refractivity contribution in [1.82, 2.24) is 5.32 Å². The predicted molar refractivity (Wildman–Crippen MR) is 63.0 cm³/mol. The first-order valence-electron chi connectivity index (χ1n) is 5.30. The van der Waals surface area contributed by atoms with Crippen molar-refractivity contribution in [2.75, 3.05) is 11.5 Å². The number of carboxylic acids is 1. The van der Waals surface area contributed by atoms with Crippen LogP contribution in [0.5, 0.6) is 0 Å². The topological polar surface area (TPSA) is 62.5 Å². The van der Waals surface area contributed by atoms with Gasteiger partial charge in [-0.05, 0) is 25.2 Å². The third-order valence-electron chi connectivity index (χ3n) is 2.66. The van der Waals surface area contributed by atoms with Crippen LogP contribution in [0.25, 0.3) is 0 Å². The SMILES string of the molecule is Cc1cc(CNC2CCSC2)oc1C(=O)O. The summed E-state index contributed by atoms with van der Waals surface area (Å²) in [6.45, 7) is 2.36. The number of hydrogen-bond donors (Lipinski definition) is 2. The maximum absolute atomic E-state index is 10.8. The zero-order valence-corrected chi connectivity index (χ0v) is 9.97. The molecule has 1 saturated heterocycles. The fourth-order valence-corrected chi connectivity index (χ4v) is 2.97. The van der Waals surface area contributed by atoms with E-state index < -0.39 is 5.97 Å². The summed E-state index contributed by atoms with van der Waals surface area (Å²) in [5.74, 6) is 2.09. The lowest BCUT2D eigenvalue weighted by Crippen LogP contribution is -2.27. The van der Waals surface area contributed by atoms with Gasteiger partial charge in [-0.1, -0.05) is 0 Å². The van der Waals surface area contributed by atoms with Gasteiger partial charge >= 0.3 is 5.97 Å². The maximum Gasteiger partial charge on any atom is 0.372 e. The van der Waals surface area contributed by atoms with Crippen molar-refractivity contribution in [2.45, 2.75) is 25.9 Å². The van der Waals surface area contributed by atoms with Crippen molar-refractivity contribution < 1.29 is 14.3 Å². The van der Waals surface area contributed by atoms with E-state index in [0.717, 1.165) is 5.75 Å². The van der Waals surface area contributed by atoms with Gasteiger partial charge in [0.05, 0.1) is 6.54 Å². The number of rotatable bonds is 4. The van der Waals surface area contributed by atoms with E-state index in [0.29, 0.717) is 23.9 Å². The normalized spacial score (nSPS) is 20.2. The minimum atomic E-state index is -1.000. The number of thioether (sulfide) groups is 1. The van der Waals surface area contributed by atoms with Crippen LogP contribution in [0.2, 0.25) is 0 Å². The number of carboxylic acid groups (broad SMARTS) is 1. The van der Waals surface area contributed by atoms with Crippen LogP contribution in [0.1, 0.15) is 28.3 Å². The lowest BCUT2D eigenvalue weighted by molar-refractivity contribution is 0.0659. The molecular weight excluding hydrogens is 226 g/mol. The summed E-state index contributed by atoms with van der Waals surface area (Å²) >= 11 is 1.94. The van der Waals surface area contributed by atoms with Gasteiger partial charge in [0.2, 0.25) is 5.76 Å². The molecule has 4 nitrogen and oxygen atoms in total. The fourth-order valence-electron chi connectivity index (χ4n) is 1.79. The van der Waals surface area contributed by atoms with E-state index in [1.54, 1.807) is 13.0 Å². The van der Waals surface area contributed by atoms with Crippen LogP contribution in [-0.2, 0) is 6.54 Å². The van der Waals surface area contributed by atoms with Gasteiger partial charge in [0.1, 0.15) is 5.76 Å². The molecule has 2 N–H and O–H groups in total. The highest BCUT2D eigenvalue weighted by atomic mass is 32.2. The Kier molecular flexibility index (Phi) is 3.56. The Balaban J connectivity index is 1.94. The molecule has 0 radical (unpaired) electrons. The molecule has 1 aromatic heterocycles. The van der Waals surface area contributed by atoms with Gasteiger partial charge in [-0.25, -0.2) is 4.79 Å². The molecule has 1 aromatic rings. The number of aromatic carboxylic acids is 1. The molecule has 0 aliphatic carbocycles. The Hall–Kier alpha value is -0.940. The second-order valence-corrected chi connectivity index (χ2v) is 5.12. The van der Waals surface area contributed by atoms with Crippen molar-refractivity contribution in [3.8, 4) is 0 Å². The highest BCUT2D eigenvalue weighted by molar-refractivity contribution is 7.99. The summed E-state index contributed by atoms with van der Waals surface area (Å²) in [4.78, 5) is 10.8. The molecular formula is C11H15NO3S. The molecule has 0 bridgehead atoms. The monoisotopic (exact) mass is 241 g/mol.